The Morgan fingerprint density at radius 3 is 2.94 bits per heavy atom. The quantitative estimate of drug-likeness (QED) is 0.655. The number of aryl methyl sites for hydroxylation is 1. The average molecular weight is 310 g/mol. The van der Waals surface area contributed by atoms with Gasteiger partial charge in [-0.2, -0.15) is 0 Å². The number of pyridine rings is 1. The second kappa shape index (κ2) is 6.08. The maximum Gasteiger partial charge on any atom is 0.133 e. The van der Waals surface area contributed by atoms with Crippen LogP contribution in [0.5, 0.6) is 0 Å². The average Bonchev–Trinajstić information content (AvgIpc) is 2.82. The van der Waals surface area contributed by atoms with Gasteiger partial charge in [0.2, 0.25) is 0 Å². The summed E-state index contributed by atoms with van der Waals surface area (Å²) in [5, 5.41) is 0. The third-order valence-corrected chi connectivity index (χ3v) is 3.37. The van der Waals surface area contributed by atoms with Crippen LogP contribution >= 0.6 is 15.9 Å². The molecular weight excluding hydrogens is 294 g/mol. The summed E-state index contributed by atoms with van der Waals surface area (Å²) in [7, 11) is 0. The smallest absolute Gasteiger partial charge is 0.133 e. The zero-order valence-electron chi connectivity index (χ0n) is 10.2. The number of nitrogens with two attached hydrogens (primary N) is 1. The van der Waals surface area contributed by atoms with Gasteiger partial charge in [-0.15, -0.1) is 0 Å². The maximum absolute atomic E-state index is 5.67. The Morgan fingerprint density at radius 2 is 2.28 bits per heavy atom. The molecule has 2 aromatic heterocycles. The van der Waals surface area contributed by atoms with Crippen LogP contribution in [0.3, 0.4) is 0 Å². The van der Waals surface area contributed by atoms with Crippen molar-refractivity contribution in [2.75, 3.05) is 0 Å². The molecule has 2 aromatic rings. The van der Waals surface area contributed by atoms with E-state index in [4.69, 9.17) is 5.84 Å². The predicted octanol–water partition coefficient (Wildman–Crippen LogP) is 2.00. The minimum Gasteiger partial charge on any atom is -0.333 e. The normalized spacial score (nSPS) is 12.6. The van der Waals surface area contributed by atoms with Crippen molar-refractivity contribution < 1.29 is 0 Å². The Balaban J connectivity index is 2.39. The van der Waals surface area contributed by atoms with Crippen molar-refractivity contribution in [2.24, 2.45) is 5.84 Å². The number of rotatable bonds is 5. The van der Waals surface area contributed by atoms with Crippen LogP contribution in [0.1, 0.15) is 30.9 Å². The molecule has 1 atom stereocenters. The Morgan fingerprint density at radius 1 is 1.44 bits per heavy atom. The van der Waals surface area contributed by atoms with E-state index < -0.39 is 0 Å². The number of hydrazine groups is 1. The van der Waals surface area contributed by atoms with Crippen LogP contribution in [0.4, 0.5) is 0 Å². The van der Waals surface area contributed by atoms with Gasteiger partial charge >= 0.3 is 0 Å². The van der Waals surface area contributed by atoms with Crippen LogP contribution in [0, 0.1) is 0 Å². The molecule has 0 amide bonds. The number of halogens is 1. The lowest BCUT2D eigenvalue weighted by Gasteiger charge is -2.17. The molecule has 0 aliphatic rings. The molecule has 3 N–H and O–H groups in total. The standard InChI is InChI=1S/C12H16BrN5/c1-2-7-18-8-6-16-12(18)11(17-14)10-9(13)4-3-5-15-10/h3-6,8,11,17H,2,7,14H2,1H3. The SMILES string of the molecule is CCCn1ccnc1C(NN)c1ncccc1Br. The number of aromatic nitrogens is 3. The van der Waals surface area contributed by atoms with Crippen molar-refractivity contribution in [1.29, 1.82) is 0 Å². The summed E-state index contributed by atoms with van der Waals surface area (Å²) in [6.45, 7) is 3.04. The first-order valence-electron chi connectivity index (χ1n) is 5.85. The van der Waals surface area contributed by atoms with Crippen molar-refractivity contribution >= 4 is 15.9 Å². The molecule has 1 unspecified atom stereocenters. The van der Waals surface area contributed by atoms with Gasteiger partial charge in [0.25, 0.3) is 0 Å². The molecule has 6 heteroatoms. The summed E-state index contributed by atoms with van der Waals surface area (Å²) in [6.07, 6.45) is 6.54. The van der Waals surface area contributed by atoms with Crippen LogP contribution < -0.4 is 11.3 Å². The first kappa shape index (κ1) is 13.2. The Hall–Kier alpha value is -1.24. The van der Waals surface area contributed by atoms with Crippen LogP contribution in [0.15, 0.2) is 35.2 Å². The first-order valence-corrected chi connectivity index (χ1v) is 6.64. The number of imidazole rings is 1. The van der Waals surface area contributed by atoms with Crippen LogP contribution in [-0.4, -0.2) is 14.5 Å². The van der Waals surface area contributed by atoms with Gasteiger partial charge in [0.1, 0.15) is 11.9 Å². The lowest BCUT2D eigenvalue weighted by molar-refractivity contribution is 0.535. The highest BCUT2D eigenvalue weighted by atomic mass is 79.9. The van der Waals surface area contributed by atoms with E-state index in [1.807, 2.05) is 18.3 Å². The molecule has 18 heavy (non-hydrogen) atoms. The van der Waals surface area contributed by atoms with E-state index in [2.05, 4.69) is 42.8 Å². The van der Waals surface area contributed by atoms with E-state index in [1.54, 1.807) is 12.4 Å². The topological polar surface area (TPSA) is 68.8 Å². The molecule has 0 fully saturated rings. The van der Waals surface area contributed by atoms with E-state index in [-0.39, 0.29) is 6.04 Å². The molecule has 2 heterocycles. The minimum atomic E-state index is -0.220. The molecule has 5 nitrogen and oxygen atoms in total. The predicted molar refractivity (Wildman–Crippen MR) is 73.6 cm³/mol. The fourth-order valence-electron chi connectivity index (χ4n) is 1.90. The van der Waals surface area contributed by atoms with Crippen molar-refractivity contribution in [3.63, 3.8) is 0 Å². The van der Waals surface area contributed by atoms with Crippen molar-refractivity contribution in [2.45, 2.75) is 25.9 Å². The highest BCUT2D eigenvalue weighted by Crippen LogP contribution is 2.25. The van der Waals surface area contributed by atoms with Crippen molar-refractivity contribution in [3.8, 4) is 0 Å². The zero-order chi connectivity index (χ0) is 13.0. The zero-order valence-corrected chi connectivity index (χ0v) is 11.8. The summed E-state index contributed by atoms with van der Waals surface area (Å²) < 4.78 is 3.00. The summed E-state index contributed by atoms with van der Waals surface area (Å²) in [4.78, 5) is 8.75. The van der Waals surface area contributed by atoms with Gasteiger partial charge in [-0.05, 0) is 34.5 Å². The van der Waals surface area contributed by atoms with Gasteiger partial charge in [0, 0.05) is 29.6 Å². The number of nitrogens with one attached hydrogen (secondary N) is 1. The molecule has 0 aromatic carbocycles. The highest BCUT2D eigenvalue weighted by Gasteiger charge is 2.20. The molecular formula is C12H16BrN5. The number of hydrogen-bond acceptors (Lipinski definition) is 4. The van der Waals surface area contributed by atoms with Crippen molar-refractivity contribution in [1.82, 2.24) is 20.0 Å². The second-order valence-corrected chi connectivity index (χ2v) is 4.80. The number of hydrogen-bond donors (Lipinski definition) is 2. The van der Waals surface area contributed by atoms with E-state index in [0.717, 1.165) is 29.0 Å². The van der Waals surface area contributed by atoms with E-state index in [1.165, 1.54) is 0 Å². The van der Waals surface area contributed by atoms with Crippen LogP contribution in [-0.2, 0) is 6.54 Å². The van der Waals surface area contributed by atoms with Gasteiger partial charge in [0.15, 0.2) is 0 Å². The van der Waals surface area contributed by atoms with E-state index in [0.29, 0.717) is 0 Å². The van der Waals surface area contributed by atoms with E-state index in [9.17, 15) is 0 Å². The molecule has 0 saturated carbocycles. The Labute approximate surface area is 115 Å². The Kier molecular flexibility index (Phi) is 4.46. The molecule has 96 valence electrons. The van der Waals surface area contributed by atoms with Gasteiger partial charge in [-0.25, -0.2) is 10.4 Å². The lowest BCUT2D eigenvalue weighted by atomic mass is 10.2. The van der Waals surface area contributed by atoms with Gasteiger partial charge in [-0.1, -0.05) is 6.92 Å². The van der Waals surface area contributed by atoms with Gasteiger partial charge in [-0.3, -0.25) is 10.8 Å². The summed E-state index contributed by atoms with van der Waals surface area (Å²) in [5.74, 6) is 6.54. The molecule has 0 bridgehead atoms. The van der Waals surface area contributed by atoms with Gasteiger partial charge in [0.05, 0.1) is 5.69 Å². The summed E-state index contributed by atoms with van der Waals surface area (Å²) in [5.41, 5.74) is 3.62. The highest BCUT2D eigenvalue weighted by molar-refractivity contribution is 9.10. The molecule has 0 saturated heterocycles. The fraction of sp³-hybridized carbons (Fsp3) is 0.333. The number of nitrogens with zero attached hydrogens (tertiary/aromatic N) is 3. The molecule has 0 aliphatic carbocycles. The summed E-state index contributed by atoms with van der Waals surface area (Å²) >= 11 is 3.49. The van der Waals surface area contributed by atoms with Gasteiger partial charge < -0.3 is 4.57 Å². The molecule has 2 rings (SSSR count). The van der Waals surface area contributed by atoms with E-state index >= 15 is 0 Å². The first-order chi connectivity index (χ1) is 8.77. The maximum atomic E-state index is 5.67. The largest absolute Gasteiger partial charge is 0.333 e. The third kappa shape index (κ3) is 2.60. The molecule has 0 radical (unpaired) electrons. The monoisotopic (exact) mass is 309 g/mol. The molecule has 0 aliphatic heterocycles. The molecule has 0 spiro atoms. The third-order valence-electron chi connectivity index (χ3n) is 2.70. The lowest BCUT2D eigenvalue weighted by Crippen LogP contribution is -2.32. The second-order valence-electron chi connectivity index (χ2n) is 3.95. The van der Waals surface area contributed by atoms with Crippen LogP contribution in [0.25, 0.3) is 0 Å². The summed E-state index contributed by atoms with van der Waals surface area (Å²) in [6, 6.07) is 3.60. The van der Waals surface area contributed by atoms with Crippen LogP contribution in [0.2, 0.25) is 0 Å². The van der Waals surface area contributed by atoms with Crippen molar-refractivity contribution in [3.05, 3.63) is 46.7 Å². The fourth-order valence-corrected chi connectivity index (χ4v) is 2.38. The Bertz CT molecular complexity index is 511. The minimum absolute atomic E-state index is 0.220.